The molecule has 2 aliphatic rings. The Morgan fingerprint density at radius 2 is 0.887 bits per heavy atom. The lowest BCUT2D eigenvalue weighted by Crippen LogP contribution is -2.03. The van der Waals surface area contributed by atoms with E-state index in [1.54, 1.807) is 0 Å². The third kappa shape index (κ3) is 10.9. The van der Waals surface area contributed by atoms with Crippen molar-refractivity contribution in [2.24, 2.45) is 0 Å². The van der Waals surface area contributed by atoms with Crippen molar-refractivity contribution >= 4 is 24.3 Å². The van der Waals surface area contributed by atoms with Crippen molar-refractivity contribution in [2.75, 3.05) is 13.2 Å². The van der Waals surface area contributed by atoms with Crippen LogP contribution in [0.1, 0.15) is 148 Å². The van der Waals surface area contributed by atoms with E-state index in [1.807, 2.05) is 0 Å². The maximum absolute atomic E-state index is 7.23. The van der Waals surface area contributed by atoms with Gasteiger partial charge in [0.05, 0.1) is 13.2 Å². The first-order chi connectivity index (χ1) is 26.2. The number of fused-ring (bicyclic) bond motifs is 2. The zero-order chi connectivity index (χ0) is 36.5. The van der Waals surface area contributed by atoms with Gasteiger partial charge in [-0.05, 0) is 47.9 Å². The minimum absolute atomic E-state index is 0.727. The van der Waals surface area contributed by atoms with E-state index in [-0.39, 0.29) is 0 Å². The first kappa shape index (κ1) is 38.5. The Kier molecular flexibility index (Phi) is 15.1. The van der Waals surface area contributed by atoms with Crippen molar-refractivity contribution in [2.45, 2.75) is 129 Å². The molecule has 0 aliphatic carbocycles. The molecule has 3 nitrogen and oxygen atoms in total. The minimum Gasteiger partial charge on any atom is -0.493 e. The van der Waals surface area contributed by atoms with E-state index in [1.165, 1.54) is 134 Å². The summed E-state index contributed by atoms with van der Waals surface area (Å²) in [6.45, 7) is 6.03. The summed E-state index contributed by atoms with van der Waals surface area (Å²) in [6.07, 6.45) is 31.1. The summed E-state index contributed by atoms with van der Waals surface area (Å²) in [5, 5.41) is 0. The molecule has 0 amide bonds. The molecule has 4 aromatic carbocycles. The zero-order valence-corrected chi connectivity index (χ0v) is 32.6. The van der Waals surface area contributed by atoms with E-state index in [0.29, 0.717) is 0 Å². The van der Waals surface area contributed by atoms with Crippen LogP contribution >= 0.6 is 0 Å². The highest BCUT2D eigenvalue weighted by Gasteiger charge is 2.26. The molecule has 3 heteroatoms. The number of unbranched alkanes of at least 4 members (excludes halogenated alkanes) is 12. The molecule has 0 bridgehead atoms. The summed E-state index contributed by atoms with van der Waals surface area (Å²) < 4.78 is 19.8. The van der Waals surface area contributed by atoms with Crippen LogP contribution < -0.4 is 14.2 Å². The Morgan fingerprint density at radius 1 is 0.491 bits per heavy atom. The fourth-order valence-electron chi connectivity index (χ4n) is 8.05. The van der Waals surface area contributed by atoms with Gasteiger partial charge in [-0.15, -0.1) is 0 Å². The highest BCUT2D eigenvalue weighted by atomic mass is 16.5. The van der Waals surface area contributed by atoms with Crippen molar-refractivity contribution in [3.05, 3.63) is 117 Å². The molecule has 0 saturated heterocycles. The Bertz CT molecular complexity index is 1640. The van der Waals surface area contributed by atoms with Gasteiger partial charge in [-0.2, -0.15) is 0 Å². The Balaban J connectivity index is 1.37. The van der Waals surface area contributed by atoms with Crippen LogP contribution in [0.3, 0.4) is 0 Å². The SMILES string of the molecule is CCCCCCCCCc1c(C=Cc2ccccc2)c(Oc2cc3c(c(CCCCCCCCC)c2C=Cc2ccccc2)CCO3)cc2c1CCO2. The van der Waals surface area contributed by atoms with E-state index >= 15 is 0 Å². The van der Waals surface area contributed by atoms with Gasteiger partial charge in [-0.3, -0.25) is 0 Å². The van der Waals surface area contributed by atoms with E-state index in [2.05, 4.69) is 111 Å². The van der Waals surface area contributed by atoms with Crippen LogP contribution in [0.5, 0.6) is 23.0 Å². The van der Waals surface area contributed by atoms with Gasteiger partial charge in [0.1, 0.15) is 23.0 Å². The predicted molar refractivity (Wildman–Crippen MR) is 225 cm³/mol. The van der Waals surface area contributed by atoms with Crippen LogP contribution in [-0.2, 0) is 25.7 Å². The molecule has 280 valence electrons. The summed E-state index contributed by atoms with van der Waals surface area (Å²) in [7, 11) is 0. The summed E-state index contributed by atoms with van der Waals surface area (Å²) in [5.74, 6) is 3.70. The summed E-state index contributed by atoms with van der Waals surface area (Å²) in [5.41, 5.74) is 10.2. The first-order valence-corrected chi connectivity index (χ1v) is 21.0. The number of hydrogen-bond acceptors (Lipinski definition) is 3. The standard InChI is InChI=1S/C50H62O3/c1-3-5-7-9-11-13-21-27-41-43(31-29-39-23-17-15-18-24-39)49(37-47-45(41)33-35-51-47)53-50-38-48-46(34-36-52-48)42(28-22-14-12-10-8-6-4-2)44(50)32-30-40-25-19-16-20-26-40/h15-20,23-26,29-32,37-38H,3-14,21-22,27-28,33-36H2,1-2H3. The van der Waals surface area contributed by atoms with Gasteiger partial charge in [0.2, 0.25) is 0 Å². The van der Waals surface area contributed by atoms with Crippen LogP contribution in [0.4, 0.5) is 0 Å². The number of hydrogen-bond donors (Lipinski definition) is 0. The van der Waals surface area contributed by atoms with Gasteiger partial charge in [-0.25, -0.2) is 0 Å². The van der Waals surface area contributed by atoms with Crippen molar-refractivity contribution in [3.8, 4) is 23.0 Å². The quantitative estimate of drug-likeness (QED) is 0.0600. The third-order valence-corrected chi connectivity index (χ3v) is 11.0. The Morgan fingerprint density at radius 3 is 1.30 bits per heavy atom. The van der Waals surface area contributed by atoms with Crippen LogP contribution in [0.15, 0.2) is 72.8 Å². The van der Waals surface area contributed by atoms with Gasteiger partial charge >= 0.3 is 0 Å². The molecule has 0 spiro atoms. The smallest absolute Gasteiger partial charge is 0.138 e. The molecule has 6 rings (SSSR count). The highest BCUT2D eigenvalue weighted by Crippen LogP contribution is 2.45. The fraction of sp³-hybridized carbons (Fsp3) is 0.440. The molecule has 0 saturated carbocycles. The molecule has 0 unspecified atom stereocenters. The summed E-state index contributed by atoms with van der Waals surface area (Å²) >= 11 is 0. The molecule has 0 fully saturated rings. The van der Waals surface area contributed by atoms with Gasteiger partial charge in [0, 0.05) is 47.2 Å². The van der Waals surface area contributed by atoms with E-state index in [0.717, 1.165) is 61.9 Å². The lowest BCUT2D eigenvalue weighted by Gasteiger charge is -2.21. The van der Waals surface area contributed by atoms with Crippen molar-refractivity contribution in [1.29, 1.82) is 0 Å². The number of rotatable bonds is 22. The Labute approximate surface area is 320 Å². The molecule has 0 radical (unpaired) electrons. The second kappa shape index (κ2) is 20.9. The van der Waals surface area contributed by atoms with E-state index in [9.17, 15) is 0 Å². The highest BCUT2D eigenvalue weighted by molar-refractivity contribution is 5.79. The van der Waals surface area contributed by atoms with Crippen LogP contribution in [0.2, 0.25) is 0 Å². The molecular formula is C50H62O3. The maximum atomic E-state index is 7.23. The number of benzene rings is 4. The molecule has 0 N–H and O–H groups in total. The normalized spacial score (nSPS) is 13.4. The fourth-order valence-corrected chi connectivity index (χ4v) is 8.05. The molecule has 4 aromatic rings. The predicted octanol–water partition coefficient (Wildman–Crippen LogP) is 14.3. The minimum atomic E-state index is 0.727. The van der Waals surface area contributed by atoms with Gasteiger partial charge in [-0.1, -0.05) is 176 Å². The molecule has 0 aromatic heterocycles. The average molecular weight is 711 g/mol. The first-order valence-electron chi connectivity index (χ1n) is 21.0. The largest absolute Gasteiger partial charge is 0.493 e. The number of ether oxygens (including phenoxy) is 3. The summed E-state index contributed by atoms with van der Waals surface area (Å²) in [6, 6.07) is 25.6. The maximum Gasteiger partial charge on any atom is 0.138 e. The lowest BCUT2D eigenvalue weighted by molar-refractivity contribution is 0.353. The summed E-state index contributed by atoms with van der Waals surface area (Å²) in [4.78, 5) is 0. The van der Waals surface area contributed by atoms with E-state index in [4.69, 9.17) is 14.2 Å². The van der Waals surface area contributed by atoms with E-state index < -0.39 is 0 Å². The average Bonchev–Trinajstić information content (AvgIpc) is 3.87. The molecule has 2 heterocycles. The zero-order valence-electron chi connectivity index (χ0n) is 32.6. The topological polar surface area (TPSA) is 27.7 Å². The second-order valence-electron chi connectivity index (χ2n) is 15.0. The van der Waals surface area contributed by atoms with Gasteiger partial charge in [0.25, 0.3) is 0 Å². The van der Waals surface area contributed by atoms with Crippen LogP contribution in [0.25, 0.3) is 24.3 Å². The van der Waals surface area contributed by atoms with Crippen molar-refractivity contribution in [3.63, 3.8) is 0 Å². The molecule has 53 heavy (non-hydrogen) atoms. The third-order valence-electron chi connectivity index (χ3n) is 11.0. The molecule has 0 atom stereocenters. The van der Waals surface area contributed by atoms with Crippen LogP contribution in [0, 0.1) is 0 Å². The lowest BCUT2D eigenvalue weighted by atomic mass is 9.91. The van der Waals surface area contributed by atoms with Gasteiger partial charge < -0.3 is 14.2 Å². The Hall–Kier alpha value is -4.24. The molecule has 2 aliphatic heterocycles. The van der Waals surface area contributed by atoms with Crippen LogP contribution in [-0.4, -0.2) is 13.2 Å². The molecular weight excluding hydrogens is 649 g/mol. The second-order valence-corrected chi connectivity index (χ2v) is 15.0. The van der Waals surface area contributed by atoms with Gasteiger partial charge in [0.15, 0.2) is 0 Å². The van der Waals surface area contributed by atoms with Crippen molar-refractivity contribution < 1.29 is 14.2 Å². The van der Waals surface area contributed by atoms with Crippen molar-refractivity contribution in [1.82, 2.24) is 0 Å². The monoisotopic (exact) mass is 710 g/mol.